The molecule has 0 saturated heterocycles. The highest BCUT2D eigenvalue weighted by Crippen LogP contribution is 2.27. The number of aryl methyl sites for hydroxylation is 1. The van der Waals surface area contributed by atoms with Crippen LogP contribution < -0.4 is 0 Å². The van der Waals surface area contributed by atoms with E-state index in [1.807, 2.05) is 36.4 Å². The maximum absolute atomic E-state index is 10.9. The van der Waals surface area contributed by atoms with Crippen LogP contribution in [0.4, 0.5) is 0 Å². The van der Waals surface area contributed by atoms with Gasteiger partial charge in [0.1, 0.15) is 0 Å². The van der Waals surface area contributed by atoms with E-state index in [2.05, 4.69) is 43.0 Å². The number of allylic oxidation sites excluding steroid dienone is 1. The molecule has 0 spiro atoms. The number of carbonyl (C=O) groups is 1. The zero-order valence-corrected chi connectivity index (χ0v) is 14.4. The molecule has 0 unspecified atom stereocenters. The summed E-state index contributed by atoms with van der Waals surface area (Å²) < 4.78 is 0. The van der Waals surface area contributed by atoms with Gasteiger partial charge >= 0.3 is 5.97 Å². The normalized spacial score (nSPS) is 10.3. The fraction of sp³-hybridized carbons (Fsp3) is 0.0417. The Kier molecular flexibility index (Phi) is 5.31. The highest BCUT2D eigenvalue weighted by Gasteiger charge is 2.04. The number of aromatic carboxylic acids is 1. The van der Waals surface area contributed by atoms with Crippen molar-refractivity contribution in [2.45, 2.75) is 6.92 Å². The summed E-state index contributed by atoms with van der Waals surface area (Å²) >= 11 is 0. The van der Waals surface area contributed by atoms with E-state index in [1.165, 1.54) is 16.7 Å². The van der Waals surface area contributed by atoms with Crippen molar-refractivity contribution in [1.82, 2.24) is 0 Å². The van der Waals surface area contributed by atoms with Crippen LogP contribution in [-0.4, -0.2) is 11.1 Å². The summed E-state index contributed by atoms with van der Waals surface area (Å²) in [6.07, 6.45) is 3.82. The Hall–Kier alpha value is -3.57. The van der Waals surface area contributed by atoms with Crippen molar-refractivity contribution in [2.24, 2.45) is 0 Å². The largest absolute Gasteiger partial charge is 0.478 e. The third kappa shape index (κ3) is 4.09. The van der Waals surface area contributed by atoms with E-state index in [1.54, 1.807) is 24.3 Å². The van der Waals surface area contributed by atoms with Gasteiger partial charge in [0.05, 0.1) is 5.56 Å². The van der Waals surface area contributed by atoms with Crippen molar-refractivity contribution in [1.29, 1.82) is 0 Å². The van der Waals surface area contributed by atoms with Gasteiger partial charge in [-0.25, -0.2) is 4.79 Å². The van der Waals surface area contributed by atoms with Gasteiger partial charge in [0, 0.05) is 5.56 Å². The minimum Gasteiger partial charge on any atom is -0.478 e. The van der Waals surface area contributed by atoms with Crippen molar-refractivity contribution < 1.29 is 9.90 Å². The second-order valence-electron chi connectivity index (χ2n) is 5.89. The molecule has 126 valence electrons. The summed E-state index contributed by atoms with van der Waals surface area (Å²) in [6, 6.07) is 23.1. The average Bonchev–Trinajstić information content (AvgIpc) is 2.66. The smallest absolute Gasteiger partial charge is 0.335 e. The lowest BCUT2D eigenvalue weighted by Crippen LogP contribution is -1.94. The van der Waals surface area contributed by atoms with Crippen LogP contribution in [0.25, 0.3) is 17.2 Å². The highest BCUT2D eigenvalue weighted by atomic mass is 16.4. The van der Waals surface area contributed by atoms with Crippen LogP contribution in [0.1, 0.15) is 27.0 Å². The molecule has 0 bridgehead atoms. The predicted molar refractivity (Wildman–Crippen MR) is 106 cm³/mol. The first-order chi connectivity index (χ1) is 12.6. The fourth-order valence-corrected chi connectivity index (χ4v) is 2.72. The van der Waals surface area contributed by atoms with Gasteiger partial charge in [-0.3, -0.25) is 0 Å². The monoisotopic (exact) mass is 338 g/mol. The zero-order valence-electron chi connectivity index (χ0n) is 14.4. The molecule has 0 radical (unpaired) electrons. The molecule has 3 aromatic carbocycles. The summed E-state index contributed by atoms with van der Waals surface area (Å²) in [4.78, 5) is 10.9. The molecule has 2 nitrogen and oxygen atoms in total. The van der Waals surface area contributed by atoms with Gasteiger partial charge in [-0.2, -0.15) is 0 Å². The molecule has 3 rings (SSSR count). The number of carboxylic acids is 1. The van der Waals surface area contributed by atoms with Crippen molar-refractivity contribution in [2.75, 3.05) is 0 Å². The maximum Gasteiger partial charge on any atom is 0.335 e. The fourth-order valence-electron chi connectivity index (χ4n) is 2.72. The van der Waals surface area contributed by atoms with Crippen LogP contribution >= 0.6 is 0 Å². The van der Waals surface area contributed by atoms with Crippen molar-refractivity contribution >= 4 is 12.0 Å². The molecule has 0 heterocycles. The molecule has 3 aromatic rings. The lowest BCUT2D eigenvalue weighted by Gasteiger charge is -2.08. The quantitative estimate of drug-likeness (QED) is 0.647. The minimum absolute atomic E-state index is 0.262. The van der Waals surface area contributed by atoms with E-state index in [4.69, 9.17) is 5.11 Å². The number of rotatable bonds is 3. The molecule has 0 aliphatic carbocycles. The third-order valence-corrected chi connectivity index (χ3v) is 4.09. The summed E-state index contributed by atoms with van der Waals surface area (Å²) in [5, 5.41) is 8.91. The summed E-state index contributed by atoms with van der Waals surface area (Å²) in [5.41, 5.74) is 5.78. The number of hydrogen-bond donors (Lipinski definition) is 1. The predicted octanol–water partition coefficient (Wildman–Crippen LogP) is 5.43. The Morgan fingerprint density at radius 1 is 0.885 bits per heavy atom. The first-order valence-corrected chi connectivity index (χ1v) is 8.31. The van der Waals surface area contributed by atoms with Crippen molar-refractivity contribution in [3.63, 3.8) is 0 Å². The molecule has 0 atom stereocenters. The topological polar surface area (TPSA) is 37.3 Å². The number of carboxylic acid groups (broad SMARTS) is 1. The Labute approximate surface area is 153 Å². The van der Waals surface area contributed by atoms with Gasteiger partial charge in [0.2, 0.25) is 0 Å². The van der Waals surface area contributed by atoms with Crippen LogP contribution in [-0.2, 0) is 0 Å². The van der Waals surface area contributed by atoms with Gasteiger partial charge < -0.3 is 5.11 Å². The first kappa shape index (κ1) is 17.3. The van der Waals surface area contributed by atoms with E-state index in [0.717, 1.165) is 11.1 Å². The summed E-state index contributed by atoms with van der Waals surface area (Å²) in [7, 11) is 0. The Balaban J connectivity index is 1.82. The molecule has 0 aliphatic rings. The van der Waals surface area contributed by atoms with Gasteiger partial charge in [-0.05, 0) is 65.6 Å². The Morgan fingerprint density at radius 3 is 2.23 bits per heavy atom. The highest BCUT2D eigenvalue weighted by molar-refractivity contribution is 5.87. The van der Waals surface area contributed by atoms with Crippen molar-refractivity contribution in [3.05, 3.63) is 101 Å². The van der Waals surface area contributed by atoms with Crippen LogP contribution in [0, 0.1) is 18.8 Å². The van der Waals surface area contributed by atoms with Gasteiger partial charge in [0.25, 0.3) is 0 Å². The third-order valence-electron chi connectivity index (χ3n) is 4.09. The average molecular weight is 338 g/mol. The number of hydrogen-bond acceptors (Lipinski definition) is 1. The van der Waals surface area contributed by atoms with Crippen LogP contribution in [0.3, 0.4) is 0 Å². The molecule has 0 saturated carbocycles. The van der Waals surface area contributed by atoms with Crippen LogP contribution in [0.15, 0.2) is 78.9 Å². The van der Waals surface area contributed by atoms with E-state index < -0.39 is 5.97 Å². The molecule has 26 heavy (non-hydrogen) atoms. The minimum atomic E-state index is -0.933. The lowest BCUT2D eigenvalue weighted by atomic mass is 9.96. The zero-order chi connectivity index (χ0) is 18.4. The van der Waals surface area contributed by atoms with E-state index in [9.17, 15) is 4.79 Å². The SMILES string of the molecule is Cc1ccccc1-c1ccccc1/C=C/C#Cc1ccc(C(=O)O)cc1. The van der Waals surface area contributed by atoms with Crippen LogP contribution in [0.5, 0.6) is 0 Å². The second kappa shape index (κ2) is 8.00. The van der Waals surface area contributed by atoms with E-state index in [-0.39, 0.29) is 5.56 Å². The molecular formula is C24H18O2. The number of benzene rings is 3. The van der Waals surface area contributed by atoms with Gasteiger partial charge in [-0.1, -0.05) is 60.4 Å². The molecule has 0 aliphatic heterocycles. The van der Waals surface area contributed by atoms with E-state index in [0.29, 0.717) is 0 Å². The molecule has 0 aromatic heterocycles. The summed E-state index contributed by atoms with van der Waals surface area (Å²) in [6.45, 7) is 2.11. The van der Waals surface area contributed by atoms with Crippen molar-refractivity contribution in [3.8, 4) is 23.0 Å². The molecule has 0 amide bonds. The first-order valence-electron chi connectivity index (χ1n) is 8.31. The molecule has 2 heteroatoms. The molecule has 0 fully saturated rings. The van der Waals surface area contributed by atoms with Gasteiger partial charge in [-0.15, -0.1) is 0 Å². The Bertz CT molecular complexity index is 1020. The maximum atomic E-state index is 10.9. The standard InChI is InChI=1S/C24H18O2/c1-18-8-2-6-12-22(18)23-13-7-5-11-20(23)10-4-3-9-19-14-16-21(17-15-19)24(25)26/h2,4-8,10-17H,1H3,(H,25,26)/b10-4+. The summed E-state index contributed by atoms with van der Waals surface area (Å²) in [5.74, 6) is 5.10. The second-order valence-corrected chi connectivity index (χ2v) is 5.89. The molecular weight excluding hydrogens is 320 g/mol. The lowest BCUT2D eigenvalue weighted by molar-refractivity contribution is 0.0697. The molecule has 1 N–H and O–H groups in total. The Morgan fingerprint density at radius 2 is 1.54 bits per heavy atom. The van der Waals surface area contributed by atoms with E-state index >= 15 is 0 Å². The van der Waals surface area contributed by atoms with Gasteiger partial charge in [0.15, 0.2) is 0 Å². The van der Waals surface area contributed by atoms with Crippen LogP contribution in [0.2, 0.25) is 0 Å².